The van der Waals surface area contributed by atoms with Gasteiger partial charge in [0.2, 0.25) is 10.0 Å². The Morgan fingerprint density at radius 2 is 1.59 bits per heavy atom. The van der Waals surface area contributed by atoms with Crippen LogP contribution in [0.25, 0.3) is 0 Å². The van der Waals surface area contributed by atoms with Gasteiger partial charge in [0.05, 0.1) is 0 Å². The molecular weight excluding hydrogens is 394 g/mol. The predicted molar refractivity (Wildman–Crippen MR) is 100 cm³/mol. The van der Waals surface area contributed by atoms with Gasteiger partial charge in [0, 0.05) is 10.7 Å². The summed E-state index contributed by atoms with van der Waals surface area (Å²) in [4.78, 5) is 23.0. The average molecular weight is 410 g/mol. The average Bonchev–Trinajstić information content (AvgIpc) is 2.82. The van der Waals surface area contributed by atoms with Crippen LogP contribution < -0.4 is 20.1 Å². The van der Waals surface area contributed by atoms with Crippen molar-refractivity contribution in [1.29, 1.82) is 0 Å². The molecule has 1 fully saturated rings. The van der Waals surface area contributed by atoms with Gasteiger partial charge in [-0.1, -0.05) is 11.6 Å². The highest BCUT2D eigenvalue weighted by Gasteiger charge is 2.45. The first-order valence-corrected chi connectivity index (χ1v) is 9.86. The number of hydrogen-bond acceptors (Lipinski definition) is 5. The van der Waals surface area contributed by atoms with E-state index in [1.165, 1.54) is 19.1 Å². The van der Waals surface area contributed by atoms with Gasteiger partial charge in [-0.25, -0.2) is 13.2 Å². The lowest BCUT2D eigenvalue weighted by atomic mass is 10.1. The fourth-order valence-electron chi connectivity index (χ4n) is 2.51. The van der Waals surface area contributed by atoms with Crippen molar-refractivity contribution in [3.05, 3.63) is 53.6 Å². The molecule has 10 heteroatoms. The Morgan fingerprint density at radius 3 is 2.11 bits per heavy atom. The molecule has 142 valence electrons. The van der Waals surface area contributed by atoms with E-state index >= 15 is 0 Å². The number of halogens is 1. The Hall–Kier alpha value is -2.78. The number of rotatable bonds is 6. The Balaban J connectivity index is 1.66. The van der Waals surface area contributed by atoms with E-state index in [4.69, 9.17) is 16.3 Å². The van der Waals surface area contributed by atoms with Gasteiger partial charge in [-0.15, -0.1) is 0 Å². The molecule has 0 unspecified atom stereocenters. The largest absolute Gasteiger partial charge is 0.457 e. The summed E-state index contributed by atoms with van der Waals surface area (Å²) >= 11 is 5.82. The van der Waals surface area contributed by atoms with Crippen LogP contribution in [0.5, 0.6) is 11.5 Å². The highest BCUT2D eigenvalue weighted by molar-refractivity contribution is 7.92. The summed E-state index contributed by atoms with van der Waals surface area (Å²) in [5.74, 6) is -0.191. The third-order valence-corrected chi connectivity index (χ3v) is 5.53. The highest BCUT2D eigenvalue weighted by atomic mass is 35.5. The van der Waals surface area contributed by atoms with Crippen LogP contribution in [-0.4, -0.2) is 31.6 Å². The van der Waals surface area contributed by atoms with Crippen molar-refractivity contribution in [2.24, 2.45) is 0 Å². The zero-order valence-corrected chi connectivity index (χ0v) is 15.7. The SMILES string of the molecule is C[C@@]1(CS(=O)(=O)Nc2ccc(Oc3ccc(Cl)cc3)cc2)NC(=O)NC1=O. The third kappa shape index (κ3) is 4.69. The number of anilines is 1. The van der Waals surface area contributed by atoms with Gasteiger partial charge in [0.15, 0.2) is 0 Å². The van der Waals surface area contributed by atoms with Crippen LogP contribution in [0.1, 0.15) is 6.92 Å². The molecule has 0 aliphatic carbocycles. The zero-order chi connectivity index (χ0) is 19.7. The predicted octanol–water partition coefficient (Wildman–Crippen LogP) is 2.47. The zero-order valence-electron chi connectivity index (χ0n) is 14.2. The molecule has 1 aliphatic heterocycles. The minimum absolute atomic E-state index is 0.298. The van der Waals surface area contributed by atoms with Gasteiger partial charge in [-0.2, -0.15) is 0 Å². The third-order valence-electron chi connectivity index (χ3n) is 3.77. The van der Waals surface area contributed by atoms with Crippen LogP contribution in [0, 0.1) is 0 Å². The number of urea groups is 1. The number of sulfonamides is 1. The molecule has 2 aromatic rings. The van der Waals surface area contributed by atoms with Crippen LogP contribution >= 0.6 is 11.6 Å². The number of ether oxygens (including phenoxy) is 1. The summed E-state index contributed by atoms with van der Waals surface area (Å²) in [6.45, 7) is 1.34. The second kappa shape index (κ2) is 7.09. The van der Waals surface area contributed by atoms with E-state index in [-0.39, 0.29) is 0 Å². The van der Waals surface area contributed by atoms with Crippen molar-refractivity contribution >= 4 is 39.2 Å². The van der Waals surface area contributed by atoms with E-state index in [0.29, 0.717) is 22.2 Å². The molecule has 0 bridgehead atoms. The van der Waals surface area contributed by atoms with E-state index in [0.717, 1.165) is 0 Å². The molecule has 1 saturated heterocycles. The minimum atomic E-state index is -3.89. The summed E-state index contributed by atoms with van der Waals surface area (Å²) in [5.41, 5.74) is -1.23. The number of benzene rings is 2. The summed E-state index contributed by atoms with van der Waals surface area (Å²) < 4.78 is 32.7. The van der Waals surface area contributed by atoms with Gasteiger partial charge in [-0.3, -0.25) is 14.8 Å². The molecule has 8 nitrogen and oxygen atoms in total. The van der Waals surface area contributed by atoms with Crippen molar-refractivity contribution in [3.63, 3.8) is 0 Å². The van der Waals surface area contributed by atoms with Crippen LogP contribution in [0.4, 0.5) is 10.5 Å². The minimum Gasteiger partial charge on any atom is -0.457 e. The van der Waals surface area contributed by atoms with E-state index < -0.39 is 33.3 Å². The fourth-order valence-corrected chi connectivity index (χ4v) is 4.16. The molecule has 2 aromatic carbocycles. The number of carbonyl (C=O) groups is 2. The second-order valence-electron chi connectivity index (χ2n) is 6.18. The van der Waals surface area contributed by atoms with Crippen molar-refractivity contribution in [3.8, 4) is 11.5 Å². The second-order valence-corrected chi connectivity index (χ2v) is 8.34. The maximum atomic E-state index is 12.3. The molecular formula is C17H16ClN3O5S. The first-order chi connectivity index (χ1) is 12.7. The number of nitrogens with one attached hydrogen (secondary N) is 3. The van der Waals surface area contributed by atoms with Crippen molar-refractivity contribution in [1.82, 2.24) is 10.6 Å². The molecule has 1 atom stereocenters. The smallest absolute Gasteiger partial charge is 0.322 e. The fraction of sp³-hybridized carbons (Fsp3) is 0.176. The van der Waals surface area contributed by atoms with Crippen LogP contribution in [0.2, 0.25) is 5.02 Å². The lowest BCUT2D eigenvalue weighted by Gasteiger charge is -2.20. The molecule has 1 aliphatic rings. The Bertz CT molecular complexity index is 977. The van der Waals surface area contributed by atoms with Gasteiger partial charge < -0.3 is 10.1 Å². The standard InChI is InChI=1S/C17H16ClN3O5S/c1-17(15(22)19-16(23)20-17)10-27(24,25)21-12-4-8-14(9-5-12)26-13-6-2-11(18)3-7-13/h2-9,21H,10H2,1H3,(H2,19,20,22,23)/t17-/m0/s1. The number of hydrogen-bond donors (Lipinski definition) is 3. The molecule has 1 heterocycles. The molecule has 3 amide bonds. The number of imide groups is 1. The molecule has 0 spiro atoms. The number of carbonyl (C=O) groups excluding carboxylic acids is 2. The van der Waals surface area contributed by atoms with Crippen LogP contribution in [0.15, 0.2) is 48.5 Å². The number of amides is 3. The molecule has 3 rings (SSSR count). The molecule has 0 radical (unpaired) electrons. The maximum absolute atomic E-state index is 12.3. The van der Waals surface area contributed by atoms with Crippen LogP contribution in [-0.2, 0) is 14.8 Å². The van der Waals surface area contributed by atoms with E-state index in [9.17, 15) is 18.0 Å². The summed E-state index contributed by atoms with van der Waals surface area (Å²) in [7, 11) is -3.89. The van der Waals surface area contributed by atoms with E-state index in [1.54, 1.807) is 36.4 Å². The molecule has 0 aromatic heterocycles. The summed E-state index contributed by atoms with van der Waals surface area (Å²) in [5, 5.41) is 4.93. The summed E-state index contributed by atoms with van der Waals surface area (Å²) in [6, 6.07) is 12.3. The Kier molecular flexibility index (Phi) is 4.99. The molecule has 3 N–H and O–H groups in total. The molecule has 0 saturated carbocycles. The van der Waals surface area contributed by atoms with Gasteiger partial charge in [0.25, 0.3) is 5.91 Å². The lowest BCUT2D eigenvalue weighted by molar-refractivity contribution is -0.122. The topological polar surface area (TPSA) is 114 Å². The van der Waals surface area contributed by atoms with Crippen molar-refractivity contribution < 1.29 is 22.7 Å². The van der Waals surface area contributed by atoms with Gasteiger partial charge in [0.1, 0.15) is 22.8 Å². The highest BCUT2D eigenvalue weighted by Crippen LogP contribution is 2.25. The van der Waals surface area contributed by atoms with Crippen LogP contribution in [0.3, 0.4) is 0 Å². The van der Waals surface area contributed by atoms with E-state index in [2.05, 4.69) is 10.0 Å². The lowest BCUT2D eigenvalue weighted by Crippen LogP contribution is -2.50. The first kappa shape index (κ1) is 19.0. The maximum Gasteiger partial charge on any atom is 0.322 e. The van der Waals surface area contributed by atoms with Crippen molar-refractivity contribution in [2.75, 3.05) is 10.5 Å². The normalized spacial score (nSPS) is 19.3. The van der Waals surface area contributed by atoms with Crippen molar-refractivity contribution in [2.45, 2.75) is 12.5 Å². The van der Waals surface area contributed by atoms with Gasteiger partial charge >= 0.3 is 6.03 Å². The van der Waals surface area contributed by atoms with Gasteiger partial charge in [-0.05, 0) is 55.5 Å². The Labute approximate surface area is 160 Å². The quantitative estimate of drug-likeness (QED) is 0.634. The van der Waals surface area contributed by atoms with E-state index in [1.807, 2.05) is 5.32 Å². The first-order valence-electron chi connectivity index (χ1n) is 7.83. The summed E-state index contributed by atoms with van der Waals surface area (Å²) in [6.07, 6.45) is 0. The Morgan fingerprint density at radius 1 is 1.04 bits per heavy atom. The monoisotopic (exact) mass is 409 g/mol. The molecule has 27 heavy (non-hydrogen) atoms.